The second kappa shape index (κ2) is 2.65. The van der Waals surface area contributed by atoms with Gasteiger partial charge in [0.25, 0.3) is 0 Å². The summed E-state index contributed by atoms with van der Waals surface area (Å²) in [6.07, 6.45) is 7.12. The van der Waals surface area contributed by atoms with E-state index in [0.29, 0.717) is 6.54 Å². The first-order valence-electron chi connectivity index (χ1n) is 2.71. The van der Waals surface area contributed by atoms with E-state index in [1.165, 1.54) is 5.01 Å². The maximum atomic E-state index is 5.12. The van der Waals surface area contributed by atoms with E-state index in [-0.39, 0.29) is 0 Å². The average molecular weight is 138 g/mol. The lowest BCUT2D eigenvalue weighted by molar-refractivity contribution is -0.685. The first kappa shape index (κ1) is 6.31. The first-order valence-corrected chi connectivity index (χ1v) is 3.59. The highest BCUT2D eigenvalue weighted by Gasteiger charge is 2.02. The van der Waals surface area contributed by atoms with Crippen molar-refractivity contribution in [3.63, 3.8) is 0 Å². The van der Waals surface area contributed by atoms with Gasteiger partial charge in [0, 0.05) is 6.92 Å². The van der Waals surface area contributed by atoms with Crippen LogP contribution in [-0.4, -0.2) is 0 Å². The number of aryl methyl sites for hydroxylation is 1. The van der Waals surface area contributed by atoms with E-state index in [9.17, 15) is 0 Å². The van der Waals surface area contributed by atoms with Crippen LogP contribution in [0.5, 0.6) is 0 Å². The molecule has 0 N–H and O–H groups in total. The van der Waals surface area contributed by atoms with Crippen LogP contribution in [0.3, 0.4) is 0 Å². The number of rotatable bonds is 1. The zero-order valence-electron chi connectivity index (χ0n) is 5.29. The van der Waals surface area contributed by atoms with Crippen LogP contribution in [0.15, 0.2) is 11.6 Å². The molecule has 0 spiro atoms. The van der Waals surface area contributed by atoms with Gasteiger partial charge in [0.2, 0.25) is 11.6 Å². The van der Waals surface area contributed by atoms with Gasteiger partial charge >= 0.3 is 0 Å². The fourth-order valence-electron chi connectivity index (χ4n) is 0.637. The molecule has 0 aromatic carbocycles. The average Bonchev–Trinajstić information content (AvgIpc) is 2.18. The van der Waals surface area contributed by atoms with Crippen LogP contribution in [0.25, 0.3) is 0 Å². The van der Waals surface area contributed by atoms with Crippen LogP contribution in [0.2, 0.25) is 0 Å². The minimum atomic E-state index is 0.690. The van der Waals surface area contributed by atoms with Crippen LogP contribution in [0, 0.1) is 19.3 Å². The van der Waals surface area contributed by atoms with Crippen molar-refractivity contribution in [2.45, 2.75) is 13.5 Å². The summed E-state index contributed by atoms with van der Waals surface area (Å²) in [7, 11) is 0. The lowest BCUT2D eigenvalue weighted by atomic mass is 10.6. The van der Waals surface area contributed by atoms with E-state index in [1.54, 1.807) is 11.3 Å². The van der Waals surface area contributed by atoms with Gasteiger partial charge in [-0.3, -0.25) is 0 Å². The molecule has 1 nitrogen and oxygen atoms in total. The minimum absolute atomic E-state index is 0.690. The summed E-state index contributed by atoms with van der Waals surface area (Å²) in [5, 5.41) is 3.29. The summed E-state index contributed by atoms with van der Waals surface area (Å²) in [6.45, 7) is 2.75. The second-order valence-corrected chi connectivity index (χ2v) is 2.85. The molecule has 2 heteroatoms. The monoisotopic (exact) mass is 138 g/mol. The minimum Gasteiger partial charge on any atom is -0.181 e. The molecular formula is C7H8NS+. The fourth-order valence-corrected chi connectivity index (χ4v) is 1.30. The maximum Gasteiger partial charge on any atom is 0.234 e. The molecule has 0 bridgehead atoms. The molecule has 0 aliphatic heterocycles. The van der Waals surface area contributed by atoms with E-state index in [1.807, 2.05) is 16.1 Å². The Morgan fingerprint density at radius 1 is 1.89 bits per heavy atom. The van der Waals surface area contributed by atoms with Gasteiger partial charge in [-0.25, -0.2) is 0 Å². The molecule has 0 radical (unpaired) electrons. The Kier molecular flexibility index (Phi) is 1.86. The Labute approximate surface area is 59.0 Å². The number of hydrogen-bond acceptors (Lipinski definition) is 1. The van der Waals surface area contributed by atoms with Gasteiger partial charge in [-0.2, -0.15) is 4.57 Å². The topological polar surface area (TPSA) is 3.88 Å². The maximum absolute atomic E-state index is 5.12. The molecule has 1 aromatic rings. The van der Waals surface area contributed by atoms with E-state index in [0.717, 1.165) is 0 Å². The van der Waals surface area contributed by atoms with E-state index in [2.05, 4.69) is 12.8 Å². The third-order valence-electron chi connectivity index (χ3n) is 1.15. The molecule has 0 saturated heterocycles. The van der Waals surface area contributed by atoms with Crippen molar-refractivity contribution in [1.29, 1.82) is 0 Å². The molecule has 1 heterocycles. The molecule has 1 aromatic heterocycles. The lowest BCUT2D eigenvalue weighted by Crippen LogP contribution is -2.32. The van der Waals surface area contributed by atoms with Crippen LogP contribution in [0.4, 0.5) is 0 Å². The van der Waals surface area contributed by atoms with Crippen molar-refractivity contribution >= 4 is 11.3 Å². The third kappa shape index (κ3) is 1.30. The SMILES string of the molecule is C#CC[n+]1ccsc1C. The van der Waals surface area contributed by atoms with Crippen LogP contribution in [0.1, 0.15) is 5.01 Å². The second-order valence-electron chi connectivity index (χ2n) is 1.75. The van der Waals surface area contributed by atoms with Crippen molar-refractivity contribution < 1.29 is 4.57 Å². The Hall–Kier alpha value is -0.810. The summed E-state index contributed by atoms with van der Waals surface area (Å²) in [5.41, 5.74) is 0. The summed E-state index contributed by atoms with van der Waals surface area (Å²) in [6, 6.07) is 0. The Morgan fingerprint density at radius 3 is 3.11 bits per heavy atom. The van der Waals surface area contributed by atoms with Crippen molar-refractivity contribution in [1.82, 2.24) is 0 Å². The first-order chi connectivity index (χ1) is 4.34. The van der Waals surface area contributed by atoms with Crippen molar-refractivity contribution in [2.75, 3.05) is 0 Å². The predicted octanol–water partition coefficient (Wildman–Crippen LogP) is 0.977. The quantitative estimate of drug-likeness (QED) is 0.402. The Morgan fingerprint density at radius 2 is 2.67 bits per heavy atom. The fraction of sp³-hybridized carbons (Fsp3) is 0.286. The van der Waals surface area contributed by atoms with Crippen molar-refractivity contribution in [3.8, 4) is 12.3 Å². The summed E-state index contributed by atoms with van der Waals surface area (Å²) < 4.78 is 2.05. The van der Waals surface area contributed by atoms with Gasteiger partial charge in [-0.1, -0.05) is 11.3 Å². The highest BCUT2D eigenvalue weighted by Crippen LogP contribution is 1.97. The smallest absolute Gasteiger partial charge is 0.181 e. The molecular weight excluding hydrogens is 130 g/mol. The van der Waals surface area contributed by atoms with Gasteiger partial charge in [0.05, 0.1) is 5.38 Å². The van der Waals surface area contributed by atoms with Crippen LogP contribution < -0.4 is 4.57 Å². The van der Waals surface area contributed by atoms with E-state index in [4.69, 9.17) is 6.42 Å². The van der Waals surface area contributed by atoms with Crippen molar-refractivity contribution in [2.24, 2.45) is 0 Å². The number of terminal acetylenes is 1. The molecule has 0 aliphatic carbocycles. The summed E-state index contributed by atoms with van der Waals surface area (Å²) in [4.78, 5) is 0. The molecule has 0 aliphatic rings. The van der Waals surface area contributed by atoms with E-state index >= 15 is 0 Å². The summed E-state index contributed by atoms with van der Waals surface area (Å²) in [5.74, 6) is 2.58. The number of aromatic nitrogens is 1. The molecule has 0 amide bonds. The zero-order chi connectivity index (χ0) is 6.69. The largest absolute Gasteiger partial charge is 0.234 e. The predicted molar refractivity (Wildman–Crippen MR) is 38.1 cm³/mol. The molecule has 0 unspecified atom stereocenters. The highest BCUT2D eigenvalue weighted by molar-refractivity contribution is 7.09. The summed E-state index contributed by atoms with van der Waals surface area (Å²) >= 11 is 1.71. The number of thiazole rings is 1. The van der Waals surface area contributed by atoms with Gasteiger partial charge in [0.15, 0.2) is 6.20 Å². The van der Waals surface area contributed by atoms with Crippen LogP contribution >= 0.6 is 11.3 Å². The molecule has 0 atom stereocenters. The highest BCUT2D eigenvalue weighted by atomic mass is 32.1. The Bertz CT molecular complexity index is 231. The van der Waals surface area contributed by atoms with Gasteiger partial charge in [-0.05, 0) is 5.92 Å². The third-order valence-corrected chi connectivity index (χ3v) is 1.98. The normalized spacial score (nSPS) is 8.89. The van der Waals surface area contributed by atoms with Gasteiger partial charge in [0.1, 0.15) is 0 Å². The van der Waals surface area contributed by atoms with Crippen LogP contribution in [-0.2, 0) is 6.54 Å². The molecule has 9 heavy (non-hydrogen) atoms. The van der Waals surface area contributed by atoms with Crippen molar-refractivity contribution in [3.05, 3.63) is 16.6 Å². The number of nitrogens with zero attached hydrogens (tertiary/aromatic N) is 1. The van der Waals surface area contributed by atoms with Gasteiger partial charge in [-0.15, -0.1) is 6.42 Å². The molecule has 0 saturated carbocycles. The standard InChI is InChI=1S/C7H8NS/c1-3-4-8-5-6-9-7(8)2/h1,5-6H,4H2,2H3/q+1. The Balaban J connectivity index is 2.84. The zero-order valence-corrected chi connectivity index (χ0v) is 6.11. The number of hydrogen-bond donors (Lipinski definition) is 0. The lowest BCUT2D eigenvalue weighted by Gasteiger charge is -1.82. The molecule has 0 fully saturated rings. The molecule has 46 valence electrons. The van der Waals surface area contributed by atoms with Gasteiger partial charge < -0.3 is 0 Å². The van der Waals surface area contributed by atoms with E-state index < -0.39 is 0 Å². The molecule has 1 rings (SSSR count).